The third kappa shape index (κ3) is 5.32. The molecular weight excluding hydrogens is 488 g/mol. The fourth-order valence-electron chi connectivity index (χ4n) is 3.07. The van der Waals surface area contributed by atoms with Crippen molar-refractivity contribution in [3.63, 3.8) is 0 Å². The first-order valence-electron chi connectivity index (χ1n) is 9.58. The molecule has 7 nitrogen and oxygen atoms in total. The predicted molar refractivity (Wildman–Crippen MR) is 122 cm³/mol. The monoisotopic (exact) mass is 508 g/mol. The molecule has 0 aliphatic carbocycles. The molecule has 0 saturated heterocycles. The van der Waals surface area contributed by atoms with Crippen molar-refractivity contribution in [3.8, 4) is 11.5 Å². The number of aromatic nitrogens is 1. The van der Waals surface area contributed by atoms with Crippen molar-refractivity contribution >= 4 is 50.3 Å². The number of aromatic amines is 1. The summed E-state index contributed by atoms with van der Waals surface area (Å²) < 4.78 is 16.8. The fourth-order valence-corrected chi connectivity index (χ4v) is 3.71. The highest BCUT2D eigenvalue weighted by Crippen LogP contribution is 2.31. The third-order valence-corrected chi connectivity index (χ3v) is 5.49. The lowest BCUT2D eigenvalue weighted by Gasteiger charge is -2.17. The number of ether oxygens (including phenoxy) is 3. The Balaban J connectivity index is 1.61. The molecule has 0 bridgehead atoms. The van der Waals surface area contributed by atoms with Crippen molar-refractivity contribution in [2.24, 2.45) is 0 Å². The van der Waals surface area contributed by atoms with E-state index in [2.05, 4.69) is 26.2 Å². The molecule has 3 rings (SSSR count). The number of benzene rings is 2. The van der Waals surface area contributed by atoms with Gasteiger partial charge in [0.25, 0.3) is 5.91 Å². The van der Waals surface area contributed by atoms with Gasteiger partial charge in [-0.1, -0.05) is 33.6 Å². The zero-order valence-electron chi connectivity index (χ0n) is 17.3. The predicted octanol–water partition coefficient (Wildman–Crippen LogP) is 5.03. The third-order valence-electron chi connectivity index (χ3n) is 4.60. The average molecular weight is 510 g/mol. The molecule has 2 aromatic carbocycles. The number of halogens is 2. The number of hydrogen-bond acceptors (Lipinski definition) is 5. The number of esters is 1. The summed E-state index contributed by atoms with van der Waals surface area (Å²) in [5.74, 6) is 0.0574. The number of fused-ring (bicyclic) bond motifs is 1. The molecule has 1 atom stereocenters. The molecule has 9 heteroatoms. The summed E-state index contributed by atoms with van der Waals surface area (Å²) in [6.07, 6.45) is 0. The van der Waals surface area contributed by atoms with Crippen LogP contribution in [0.5, 0.6) is 11.5 Å². The van der Waals surface area contributed by atoms with E-state index in [0.29, 0.717) is 29.0 Å². The smallest absolute Gasteiger partial charge is 0.356 e. The Morgan fingerprint density at radius 1 is 1.19 bits per heavy atom. The lowest BCUT2D eigenvalue weighted by Crippen LogP contribution is -2.31. The van der Waals surface area contributed by atoms with Crippen LogP contribution in [0.3, 0.4) is 0 Å². The minimum Gasteiger partial charge on any atom is -0.493 e. The van der Waals surface area contributed by atoms with Gasteiger partial charge in [-0.2, -0.15) is 0 Å². The Morgan fingerprint density at radius 2 is 1.97 bits per heavy atom. The second kappa shape index (κ2) is 10.1. The summed E-state index contributed by atoms with van der Waals surface area (Å²) in [6.45, 7) is 3.79. The largest absolute Gasteiger partial charge is 0.493 e. The maximum absolute atomic E-state index is 12.4. The van der Waals surface area contributed by atoms with E-state index < -0.39 is 18.5 Å². The van der Waals surface area contributed by atoms with Gasteiger partial charge < -0.3 is 24.5 Å². The Hall–Kier alpha value is -2.71. The van der Waals surface area contributed by atoms with Gasteiger partial charge in [0.15, 0.2) is 18.1 Å². The Bertz CT molecular complexity index is 1110. The Labute approximate surface area is 193 Å². The van der Waals surface area contributed by atoms with E-state index in [1.165, 1.54) is 0 Å². The second-order valence-electron chi connectivity index (χ2n) is 6.71. The lowest BCUT2D eigenvalue weighted by atomic mass is 10.1. The molecule has 0 aliphatic rings. The van der Waals surface area contributed by atoms with Crippen LogP contribution in [0.4, 0.5) is 0 Å². The van der Waals surface area contributed by atoms with Crippen molar-refractivity contribution in [3.05, 3.63) is 57.2 Å². The summed E-state index contributed by atoms with van der Waals surface area (Å²) in [7, 11) is 1.55. The van der Waals surface area contributed by atoms with Gasteiger partial charge in [0, 0.05) is 15.4 Å². The van der Waals surface area contributed by atoms with Crippen LogP contribution in [0, 0.1) is 0 Å². The zero-order valence-corrected chi connectivity index (χ0v) is 19.6. The van der Waals surface area contributed by atoms with Gasteiger partial charge in [-0.15, -0.1) is 0 Å². The van der Waals surface area contributed by atoms with E-state index in [9.17, 15) is 9.59 Å². The first-order chi connectivity index (χ1) is 14.8. The van der Waals surface area contributed by atoms with Gasteiger partial charge in [-0.25, -0.2) is 4.79 Å². The second-order valence-corrected chi connectivity index (χ2v) is 8.01. The van der Waals surface area contributed by atoms with Crippen LogP contribution in [0.15, 0.2) is 40.9 Å². The number of H-pyrrole nitrogens is 1. The normalized spacial score (nSPS) is 11.8. The highest BCUT2D eigenvalue weighted by Gasteiger charge is 2.20. The van der Waals surface area contributed by atoms with E-state index in [-0.39, 0.29) is 16.8 Å². The first-order valence-corrected chi connectivity index (χ1v) is 10.7. The lowest BCUT2D eigenvalue weighted by molar-refractivity contribution is -0.124. The van der Waals surface area contributed by atoms with Crippen LogP contribution in [-0.4, -0.2) is 37.2 Å². The van der Waals surface area contributed by atoms with Crippen molar-refractivity contribution in [2.45, 2.75) is 19.9 Å². The summed E-state index contributed by atoms with van der Waals surface area (Å²) >= 11 is 9.66. The first kappa shape index (κ1) is 23.0. The number of methoxy groups -OCH3 is 1. The number of amides is 1. The van der Waals surface area contributed by atoms with Gasteiger partial charge in [-0.3, -0.25) is 4.79 Å². The van der Waals surface area contributed by atoms with Crippen LogP contribution < -0.4 is 14.8 Å². The van der Waals surface area contributed by atoms with Crippen LogP contribution >= 0.6 is 27.5 Å². The van der Waals surface area contributed by atoms with E-state index in [1.807, 2.05) is 26.0 Å². The van der Waals surface area contributed by atoms with E-state index in [0.717, 1.165) is 10.0 Å². The standard InChI is InChI=1S/C22H22BrClN2O5/c1-4-30-17-8-5-13(9-18(17)29-3)12(2)25-19(27)11-31-22(28)21-20(24)15-10-14(23)6-7-16(15)26-21/h5-10,12,26H,4,11H2,1-3H3,(H,25,27). The molecule has 2 N–H and O–H groups in total. The molecule has 3 aromatic rings. The van der Waals surface area contributed by atoms with Crippen molar-refractivity contribution in [2.75, 3.05) is 20.3 Å². The quantitative estimate of drug-likeness (QED) is 0.416. The molecule has 0 saturated carbocycles. The molecule has 0 fully saturated rings. The molecular formula is C22H22BrClN2O5. The summed E-state index contributed by atoms with van der Waals surface area (Å²) in [5.41, 5.74) is 1.62. The van der Waals surface area contributed by atoms with Gasteiger partial charge in [0.05, 0.1) is 24.8 Å². The van der Waals surface area contributed by atoms with Crippen molar-refractivity contribution in [1.82, 2.24) is 10.3 Å². The number of carbonyl (C=O) groups excluding carboxylic acids is 2. The highest BCUT2D eigenvalue weighted by molar-refractivity contribution is 9.10. The Kier molecular flexibility index (Phi) is 7.46. The summed E-state index contributed by atoms with van der Waals surface area (Å²) in [5, 5.41) is 3.72. The Morgan fingerprint density at radius 3 is 2.68 bits per heavy atom. The van der Waals surface area contributed by atoms with Gasteiger partial charge in [0.2, 0.25) is 0 Å². The van der Waals surface area contributed by atoms with E-state index >= 15 is 0 Å². The van der Waals surface area contributed by atoms with Crippen molar-refractivity contribution in [1.29, 1.82) is 0 Å². The topological polar surface area (TPSA) is 89.6 Å². The summed E-state index contributed by atoms with van der Waals surface area (Å²) in [6, 6.07) is 10.5. The van der Waals surface area contributed by atoms with Crippen LogP contribution in [0.2, 0.25) is 5.02 Å². The minimum absolute atomic E-state index is 0.104. The molecule has 164 valence electrons. The zero-order chi connectivity index (χ0) is 22.5. The molecule has 0 aliphatic heterocycles. The van der Waals surface area contributed by atoms with Gasteiger partial charge >= 0.3 is 5.97 Å². The number of nitrogens with one attached hydrogen (secondary N) is 2. The molecule has 0 spiro atoms. The van der Waals surface area contributed by atoms with Crippen LogP contribution in [-0.2, 0) is 9.53 Å². The number of rotatable bonds is 8. The fraction of sp³-hybridized carbons (Fsp3) is 0.273. The van der Waals surface area contributed by atoms with Gasteiger partial charge in [0.1, 0.15) is 5.69 Å². The molecule has 1 heterocycles. The van der Waals surface area contributed by atoms with E-state index in [1.54, 1.807) is 31.4 Å². The minimum atomic E-state index is -0.706. The maximum Gasteiger partial charge on any atom is 0.356 e. The molecule has 1 aromatic heterocycles. The molecule has 1 amide bonds. The molecule has 0 radical (unpaired) electrons. The SMILES string of the molecule is CCOc1ccc(C(C)NC(=O)COC(=O)c2[nH]c3ccc(Br)cc3c2Cl)cc1OC. The summed E-state index contributed by atoms with van der Waals surface area (Å²) in [4.78, 5) is 27.6. The highest BCUT2D eigenvalue weighted by atomic mass is 79.9. The van der Waals surface area contributed by atoms with Gasteiger partial charge in [-0.05, 0) is 49.7 Å². The molecule has 31 heavy (non-hydrogen) atoms. The number of carbonyl (C=O) groups is 2. The van der Waals surface area contributed by atoms with E-state index in [4.69, 9.17) is 25.8 Å². The van der Waals surface area contributed by atoms with Crippen molar-refractivity contribution < 1.29 is 23.8 Å². The maximum atomic E-state index is 12.4. The van der Waals surface area contributed by atoms with Crippen LogP contribution in [0.1, 0.15) is 35.9 Å². The van der Waals surface area contributed by atoms with Crippen LogP contribution in [0.25, 0.3) is 10.9 Å². The number of hydrogen-bond donors (Lipinski definition) is 2. The molecule has 1 unspecified atom stereocenters. The average Bonchev–Trinajstić information content (AvgIpc) is 3.08.